The zero-order chi connectivity index (χ0) is 21.8. The minimum atomic E-state index is -0.306. The van der Waals surface area contributed by atoms with Gasteiger partial charge in [0.15, 0.2) is 5.16 Å². The van der Waals surface area contributed by atoms with Gasteiger partial charge in [0.25, 0.3) is 11.5 Å². The van der Waals surface area contributed by atoms with Crippen molar-refractivity contribution in [3.63, 3.8) is 0 Å². The summed E-state index contributed by atoms with van der Waals surface area (Å²) in [6, 6.07) is 11.3. The molecule has 1 aromatic heterocycles. The van der Waals surface area contributed by atoms with Crippen molar-refractivity contribution in [2.75, 3.05) is 26.3 Å². The topological polar surface area (TPSA) is 64.4 Å². The Morgan fingerprint density at radius 2 is 2.03 bits per heavy atom. The Hall–Kier alpha value is -2.97. The molecule has 0 N–H and O–H groups in total. The summed E-state index contributed by atoms with van der Waals surface area (Å²) in [7, 11) is 0. The minimum Gasteiger partial charge on any atom is -0.378 e. The van der Waals surface area contributed by atoms with Crippen LogP contribution in [0, 0.1) is 5.82 Å². The number of amides is 1. The molecular formula is C23H22FN3O3S. The van der Waals surface area contributed by atoms with E-state index in [0.717, 1.165) is 5.56 Å². The molecule has 1 aliphatic heterocycles. The summed E-state index contributed by atoms with van der Waals surface area (Å²) < 4.78 is 20.4. The summed E-state index contributed by atoms with van der Waals surface area (Å²) in [5.41, 5.74) is 1.55. The number of nitrogens with zero attached hydrogens (tertiary/aromatic N) is 3. The second-order valence-electron chi connectivity index (χ2n) is 7.15. The maximum Gasteiger partial charge on any atom is 0.262 e. The molecule has 8 heteroatoms. The molecule has 2 heterocycles. The van der Waals surface area contributed by atoms with Gasteiger partial charge in [-0.25, -0.2) is 9.37 Å². The summed E-state index contributed by atoms with van der Waals surface area (Å²) in [6.45, 7) is 6.16. The fourth-order valence-corrected chi connectivity index (χ4v) is 4.41. The van der Waals surface area contributed by atoms with Gasteiger partial charge in [-0.05, 0) is 35.9 Å². The van der Waals surface area contributed by atoms with Gasteiger partial charge < -0.3 is 9.64 Å². The number of carbonyl (C=O) groups excluding carboxylic acids is 1. The molecule has 2 aromatic carbocycles. The number of rotatable bonds is 6. The van der Waals surface area contributed by atoms with Crippen LogP contribution >= 0.6 is 11.8 Å². The second-order valence-corrected chi connectivity index (χ2v) is 8.10. The average molecular weight is 440 g/mol. The lowest BCUT2D eigenvalue weighted by Crippen LogP contribution is -2.40. The second kappa shape index (κ2) is 9.45. The van der Waals surface area contributed by atoms with Crippen LogP contribution in [-0.4, -0.2) is 46.7 Å². The smallest absolute Gasteiger partial charge is 0.262 e. The number of thioether (sulfide) groups is 1. The number of allylic oxidation sites excluding steroid dienone is 1. The molecule has 4 rings (SSSR count). The van der Waals surface area contributed by atoms with Crippen molar-refractivity contribution in [1.29, 1.82) is 0 Å². The van der Waals surface area contributed by atoms with Crippen LogP contribution in [0.4, 0.5) is 4.39 Å². The van der Waals surface area contributed by atoms with Crippen molar-refractivity contribution in [2.24, 2.45) is 0 Å². The molecular weight excluding hydrogens is 417 g/mol. The summed E-state index contributed by atoms with van der Waals surface area (Å²) in [6.07, 6.45) is 1.64. The number of hydrogen-bond donors (Lipinski definition) is 0. The van der Waals surface area contributed by atoms with Crippen molar-refractivity contribution in [1.82, 2.24) is 14.5 Å². The van der Waals surface area contributed by atoms with Gasteiger partial charge in [-0.3, -0.25) is 14.2 Å². The summed E-state index contributed by atoms with van der Waals surface area (Å²) >= 11 is 1.35. The van der Waals surface area contributed by atoms with Crippen LogP contribution in [0.3, 0.4) is 0 Å². The summed E-state index contributed by atoms with van der Waals surface area (Å²) in [4.78, 5) is 32.3. The average Bonchev–Trinajstić information content (AvgIpc) is 2.79. The van der Waals surface area contributed by atoms with Crippen LogP contribution in [0.5, 0.6) is 0 Å². The molecule has 0 radical (unpaired) electrons. The first kappa shape index (κ1) is 21.3. The normalized spacial score (nSPS) is 14.0. The Kier molecular flexibility index (Phi) is 6.48. The number of fused-ring (bicyclic) bond motifs is 1. The molecule has 31 heavy (non-hydrogen) atoms. The van der Waals surface area contributed by atoms with E-state index < -0.39 is 0 Å². The Morgan fingerprint density at radius 3 is 2.77 bits per heavy atom. The molecule has 1 fully saturated rings. The highest BCUT2D eigenvalue weighted by atomic mass is 32.2. The summed E-state index contributed by atoms with van der Waals surface area (Å²) in [5, 5.41) is 0.938. The minimum absolute atomic E-state index is 0.101. The third kappa shape index (κ3) is 4.70. The molecule has 0 unspecified atom stereocenters. The Balaban J connectivity index is 1.69. The number of carbonyl (C=O) groups is 1. The van der Waals surface area contributed by atoms with E-state index in [1.54, 1.807) is 39.8 Å². The number of morpholine rings is 1. The van der Waals surface area contributed by atoms with E-state index in [0.29, 0.717) is 60.2 Å². The largest absolute Gasteiger partial charge is 0.378 e. The lowest BCUT2D eigenvalue weighted by molar-refractivity contribution is 0.0303. The maximum absolute atomic E-state index is 13.5. The van der Waals surface area contributed by atoms with Gasteiger partial charge in [0, 0.05) is 31.0 Å². The molecule has 6 nitrogen and oxygen atoms in total. The highest BCUT2D eigenvalue weighted by Crippen LogP contribution is 2.23. The molecule has 1 aliphatic rings. The predicted octanol–water partition coefficient (Wildman–Crippen LogP) is 3.49. The van der Waals surface area contributed by atoms with Crippen LogP contribution in [0.1, 0.15) is 15.9 Å². The fourth-order valence-electron chi connectivity index (χ4n) is 3.46. The number of hydrogen-bond acceptors (Lipinski definition) is 5. The third-order valence-corrected chi connectivity index (χ3v) is 6.08. The molecule has 0 spiro atoms. The fraction of sp³-hybridized carbons (Fsp3) is 0.261. The molecule has 0 aliphatic carbocycles. The van der Waals surface area contributed by atoms with E-state index in [-0.39, 0.29) is 17.3 Å². The van der Waals surface area contributed by atoms with Gasteiger partial charge >= 0.3 is 0 Å². The highest BCUT2D eigenvalue weighted by molar-refractivity contribution is 7.98. The van der Waals surface area contributed by atoms with Crippen LogP contribution < -0.4 is 5.56 Å². The first-order valence-corrected chi connectivity index (χ1v) is 10.9. The van der Waals surface area contributed by atoms with Crippen LogP contribution in [0.15, 0.2) is 65.1 Å². The predicted molar refractivity (Wildman–Crippen MR) is 119 cm³/mol. The van der Waals surface area contributed by atoms with Gasteiger partial charge in [0.05, 0.1) is 24.1 Å². The van der Waals surface area contributed by atoms with Gasteiger partial charge in [-0.2, -0.15) is 0 Å². The van der Waals surface area contributed by atoms with Crippen molar-refractivity contribution < 1.29 is 13.9 Å². The van der Waals surface area contributed by atoms with Gasteiger partial charge in [-0.15, -0.1) is 6.58 Å². The Morgan fingerprint density at radius 1 is 1.23 bits per heavy atom. The van der Waals surface area contributed by atoms with Crippen molar-refractivity contribution in [3.05, 3.63) is 82.4 Å². The first-order valence-electron chi connectivity index (χ1n) is 9.96. The molecule has 1 saturated heterocycles. The van der Waals surface area contributed by atoms with Gasteiger partial charge in [0.2, 0.25) is 0 Å². The van der Waals surface area contributed by atoms with Crippen LogP contribution in [-0.2, 0) is 17.0 Å². The quantitative estimate of drug-likeness (QED) is 0.334. The van der Waals surface area contributed by atoms with E-state index in [9.17, 15) is 14.0 Å². The number of halogens is 1. The van der Waals surface area contributed by atoms with E-state index in [4.69, 9.17) is 4.74 Å². The standard InChI is InChI=1S/C23H22FN3O3S/c1-2-8-27-22(29)19-7-6-17(21(28)26-9-11-30-12-10-26)14-20(19)25-23(27)31-15-16-4-3-5-18(24)13-16/h2-7,13-14H,1,8-12,15H2. The molecule has 1 amide bonds. The Bertz CT molecular complexity index is 1190. The van der Waals surface area contributed by atoms with Crippen molar-refractivity contribution in [2.45, 2.75) is 17.5 Å². The van der Waals surface area contributed by atoms with Crippen molar-refractivity contribution in [3.8, 4) is 0 Å². The van der Waals surface area contributed by atoms with Crippen LogP contribution in [0.2, 0.25) is 0 Å². The Labute approximate surface area is 183 Å². The third-order valence-electron chi connectivity index (χ3n) is 5.03. The van der Waals surface area contributed by atoms with E-state index >= 15 is 0 Å². The molecule has 160 valence electrons. The molecule has 0 saturated carbocycles. The van der Waals surface area contributed by atoms with Crippen molar-refractivity contribution >= 4 is 28.6 Å². The van der Waals surface area contributed by atoms with Gasteiger partial charge in [-0.1, -0.05) is 30.0 Å². The lowest BCUT2D eigenvalue weighted by atomic mass is 10.1. The molecule has 3 aromatic rings. The van der Waals surface area contributed by atoms with E-state index in [2.05, 4.69) is 11.6 Å². The monoisotopic (exact) mass is 439 g/mol. The zero-order valence-corrected chi connectivity index (χ0v) is 17.7. The zero-order valence-electron chi connectivity index (χ0n) is 16.9. The van der Waals surface area contributed by atoms with E-state index in [1.807, 2.05) is 6.07 Å². The highest BCUT2D eigenvalue weighted by Gasteiger charge is 2.20. The van der Waals surface area contributed by atoms with Crippen LogP contribution in [0.25, 0.3) is 10.9 Å². The molecule has 0 atom stereocenters. The first-order chi connectivity index (χ1) is 15.1. The molecule has 0 bridgehead atoms. The SMILES string of the molecule is C=CCn1c(SCc2cccc(F)c2)nc2cc(C(=O)N3CCOCC3)ccc2c1=O. The maximum atomic E-state index is 13.5. The number of benzene rings is 2. The van der Waals surface area contributed by atoms with E-state index in [1.165, 1.54) is 23.9 Å². The van der Waals surface area contributed by atoms with Gasteiger partial charge in [0.1, 0.15) is 5.82 Å². The summed E-state index contributed by atoms with van der Waals surface area (Å²) in [5.74, 6) is 0.0507. The number of aromatic nitrogens is 2. The number of ether oxygens (including phenoxy) is 1. The lowest BCUT2D eigenvalue weighted by Gasteiger charge is -2.26.